The Morgan fingerprint density at radius 3 is 2.65 bits per heavy atom. The predicted molar refractivity (Wildman–Crippen MR) is 116 cm³/mol. The van der Waals surface area contributed by atoms with Crippen molar-refractivity contribution < 1.29 is 29.5 Å². The van der Waals surface area contributed by atoms with E-state index in [1.807, 2.05) is 30.5 Å². The van der Waals surface area contributed by atoms with Crippen molar-refractivity contribution in [1.29, 1.82) is 0 Å². The van der Waals surface area contributed by atoms with Crippen molar-refractivity contribution in [3.63, 3.8) is 0 Å². The van der Waals surface area contributed by atoms with Crippen LogP contribution in [0.5, 0.6) is 11.5 Å². The molecule has 5 rings (SSSR count). The second kappa shape index (κ2) is 8.19. The van der Waals surface area contributed by atoms with Gasteiger partial charge in [-0.05, 0) is 24.3 Å². The summed E-state index contributed by atoms with van der Waals surface area (Å²) in [5.74, 6) is 0.763. The molecule has 0 spiro atoms. The van der Waals surface area contributed by atoms with Gasteiger partial charge in [-0.25, -0.2) is 0 Å². The normalized spacial score (nSPS) is 22.1. The highest BCUT2D eigenvalue weighted by Crippen LogP contribution is 2.39. The van der Waals surface area contributed by atoms with Crippen LogP contribution in [0.2, 0.25) is 0 Å². The van der Waals surface area contributed by atoms with Gasteiger partial charge in [-0.1, -0.05) is 18.2 Å². The van der Waals surface area contributed by atoms with E-state index in [0.717, 1.165) is 49.2 Å². The van der Waals surface area contributed by atoms with Crippen LogP contribution >= 0.6 is 0 Å². The highest BCUT2D eigenvalue weighted by atomic mass is 16.5. The molecule has 0 atom stereocenters. The van der Waals surface area contributed by atoms with Gasteiger partial charge < -0.3 is 29.7 Å². The standard InChI is InChI=1S/C24H25N3O4/c28-12-11-26-7-9-27(10-8-26)15-19-21(29)6-5-18-23(30)22(31-24(18)19)13-16-14-25-20-4-2-1-3-17(16)20/h1-6,13-14,25,28-29H,7-12,15H2/p+2/b22-13-. The number of carbonyl (C=O) groups is 1. The van der Waals surface area contributed by atoms with E-state index in [2.05, 4.69) is 4.98 Å². The molecule has 2 aromatic carbocycles. The Bertz CT molecular complexity index is 1160. The topological polar surface area (TPSA) is 91.4 Å². The number of aromatic amines is 1. The molecule has 31 heavy (non-hydrogen) atoms. The highest BCUT2D eigenvalue weighted by molar-refractivity contribution is 6.15. The number of hydrogen-bond acceptors (Lipinski definition) is 4. The zero-order chi connectivity index (χ0) is 21.4. The molecule has 1 aromatic heterocycles. The number of nitrogens with one attached hydrogen (secondary N) is 3. The van der Waals surface area contributed by atoms with Crippen molar-refractivity contribution in [2.45, 2.75) is 6.54 Å². The average Bonchev–Trinajstić information content (AvgIpc) is 3.33. The number of allylic oxidation sites excluding steroid dienone is 1. The Labute approximate surface area is 180 Å². The molecule has 0 aliphatic carbocycles. The number of aromatic nitrogens is 1. The number of phenolic OH excluding ortho intramolecular Hbond substituents is 1. The SMILES string of the molecule is O=C1/C(=C/c2c[nH]c3ccccc23)Oc2c1ccc(O)c2C[NH+]1CC[NH+](CCO)CC1. The molecule has 1 fully saturated rings. The molecule has 0 amide bonds. The van der Waals surface area contributed by atoms with Gasteiger partial charge in [0.25, 0.3) is 0 Å². The quantitative estimate of drug-likeness (QED) is 0.368. The Morgan fingerprint density at radius 2 is 1.84 bits per heavy atom. The van der Waals surface area contributed by atoms with Gasteiger partial charge in [-0.15, -0.1) is 0 Å². The van der Waals surface area contributed by atoms with Gasteiger partial charge in [-0.3, -0.25) is 4.79 Å². The van der Waals surface area contributed by atoms with Gasteiger partial charge in [0.1, 0.15) is 45.0 Å². The second-order valence-electron chi connectivity index (χ2n) is 8.32. The van der Waals surface area contributed by atoms with Crippen LogP contribution in [0.1, 0.15) is 21.5 Å². The second-order valence-corrected chi connectivity index (χ2v) is 8.32. The molecule has 2 aliphatic rings. The molecule has 160 valence electrons. The number of para-hydroxylation sites is 1. The van der Waals surface area contributed by atoms with E-state index in [9.17, 15) is 9.90 Å². The minimum atomic E-state index is -0.159. The van der Waals surface area contributed by atoms with Gasteiger partial charge in [0, 0.05) is 22.7 Å². The number of quaternary nitrogens is 2. The van der Waals surface area contributed by atoms with Gasteiger partial charge in [0.15, 0.2) is 11.5 Å². The molecular formula is C24H27N3O4+2. The monoisotopic (exact) mass is 421 g/mol. The number of Topliss-reactive ketones (excluding diaryl/α,β-unsaturated/α-hetero) is 1. The van der Waals surface area contributed by atoms with Crippen molar-refractivity contribution in [3.8, 4) is 11.5 Å². The number of benzene rings is 2. The minimum Gasteiger partial charge on any atom is -0.507 e. The summed E-state index contributed by atoms with van der Waals surface area (Å²) >= 11 is 0. The molecule has 0 saturated carbocycles. The smallest absolute Gasteiger partial charge is 0.231 e. The van der Waals surface area contributed by atoms with Crippen molar-refractivity contribution in [2.75, 3.05) is 39.3 Å². The largest absolute Gasteiger partial charge is 0.507 e. The van der Waals surface area contributed by atoms with Crippen LogP contribution in [-0.2, 0) is 6.54 Å². The third-order valence-corrected chi connectivity index (χ3v) is 6.38. The summed E-state index contributed by atoms with van der Waals surface area (Å²) in [7, 11) is 0. The van der Waals surface area contributed by atoms with E-state index in [1.165, 1.54) is 9.80 Å². The minimum absolute atomic E-state index is 0.159. The number of phenols is 1. The number of carbonyl (C=O) groups excluding carboxylic acids is 1. The maximum Gasteiger partial charge on any atom is 0.231 e. The van der Waals surface area contributed by atoms with Gasteiger partial charge in [-0.2, -0.15) is 0 Å². The number of aliphatic hydroxyl groups excluding tert-OH is 1. The maximum absolute atomic E-state index is 13.0. The summed E-state index contributed by atoms with van der Waals surface area (Å²) in [6.07, 6.45) is 3.64. The first-order valence-electron chi connectivity index (χ1n) is 10.8. The molecule has 5 N–H and O–H groups in total. The van der Waals surface area contributed by atoms with Crippen molar-refractivity contribution in [1.82, 2.24) is 4.98 Å². The van der Waals surface area contributed by atoms with Crippen molar-refractivity contribution in [3.05, 3.63) is 65.0 Å². The van der Waals surface area contributed by atoms with E-state index >= 15 is 0 Å². The number of fused-ring (bicyclic) bond motifs is 2. The first-order valence-corrected chi connectivity index (χ1v) is 10.8. The summed E-state index contributed by atoms with van der Waals surface area (Å²) in [5, 5.41) is 20.7. The van der Waals surface area contributed by atoms with Gasteiger partial charge in [0.05, 0.1) is 17.7 Å². The lowest BCUT2D eigenvalue weighted by Gasteiger charge is -2.29. The number of rotatable bonds is 5. The summed E-state index contributed by atoms with van der Waals surface area (Å²) in [4.78, 5) is 19.0. The molecule has 7 nitrogen and oxygen atoms in total. The van der Waals surface area contributed by atoms with Crippen LogP contribution in [-0.4, -0.2) is 60.3 Å². The molecule has 3 aromatic rings. The Hall–Kier alpha value is -3.13. The summed E-state index contributed by atoms with van der Waals surface area (Å²) < 4.78 is 6.04. The third kappa shape index (κ3) is 3.72. The maximum atomic E-state index is 13.0. The van der Waals surface area contributed by atoms with Crippen molar-refractivity contribution >= 4 is 22.8 Å². The number of aliphatic hydroxyl groups is 1. The molecule has 0 bridgehead atoms. The Kier molecular flexibility index (Phi) is 5.23. The third-order valence-electron chi connectivity index (χ3n) is 6.38. The van der Waals surface area contributed by atoms with Crippen LogP contribution in [0.3, 0.4) is 0 Å². The number of ketones is 1. The van der Waals surface area contributed by atoms with E-state index in [0.29, 0.717) is 23.4 Å². The fourth-order valence-electron chi connectivity index (χ4n) is 4.61. The van der Waals surface area contributed by atoms with Gasteiger partial charge >= 0.3 is 0 Å². The fraction of sp³-hybridized carbons (Fsp3) is 0.292. The molecule has 0 unspecified atom stereocenters. The summed E-state index contributed by atoms with van der Waals surface area (Å²) in [6, 6.07) is 11.2. The first-order chi connectivity index (χ1) is 15.1. The summed E-state index contributed by atoms with van der Waals surface area (Å²) in [5.41, 5.74) is 3.09. The van der Waals surface area contributed by atoms with Crippen LogP contribution in [0, 0.1) is 0 Å². The fourth-order valence-corrected chi connectivity index (χ4v) is 4.61. The number of H-pyrrole nitrogens is 1. The number of piperazine rings is 1. The van der Waals surface area contributed by atoms with E-state index in [4.69, 9.17) is 9.84 Å². The molecule has 3 heterocycles. The summed E-state index contributed by atoms with van der Waals surface area (Å²) in [6.45, 7) is 5.45. The van der Waals surface area contributed by atoms with E-state index < -0.39 is 0 Å². The van der Waals surface area contributed by atoms with Gasteiger partial charge in [0.2, 0.25) is 5.78 Å². The first kappa shape index (κ1) is 19.8. The lowest BCUT2D eigenvalue weighted by atomic mass is 10.0. The molecular weight excluding hydrogens is 394 g/mol. The van der Waals surface area contributed by atoms with Crippen LogP contribution in [0.15, 0.2) is 48.4 Å². The van der Waals surface area contributed by atoms with Crippen molar-refractivity contribution in [2.24, 2.45) is 0 Å². The van der Waals surface area contributed by atoms with E-state index in [1.54, 1.807) is 18.2 Å². The number of aromatic hydroxyl groups is 1. The zero-order valence-electron chi connectivity index (χ0n) is 17.3. The molecule has 0 radical (unpaired) electrons. The molecule has 2 aliphatic heterocycles. The van der Waals surface area contributed by atoms with Crippen LogP contribution < -0.4 is 14.5 Å². The van der Waals surface area contributed by atoms with Crippen LogP contribution in [0.4, 0.5) is 0 Å². The van der Waals surface area contributed by atoms with Crippen LogP contribution in [0.25, 0.3) is 17.0 Å². The zero-order valence-corrected chi connectivity index (χ0v) is 17.3. The highest BCUT2D eigenvalue weighted by Gasteiger charge is 2.33. The Balaban J connectivity index is 1.40. The predicted octanol–water partition coefficient (Wildman–Crippen LogP) is -0.235. The Morgan fingerprint density at radius 1 is 1.06 bits per heavy atom. The average molecular weight is 421 g/mol. The molecule has 7 heteroatoms. The number of ether oxygens (including phenoxy) is 1. The molecule has 1 saturated heterocycles. The lowest BCUT2D eigenvalue weighted by molar-refractivity contribution is -1.02. The lowest BCUT2D eigenvalue weighted by Crippen LogP contribution is -3.27. The number of hydrogen-bond donors (Lipinski definition) is 5. The van der Waals surface area contributed by atoms with E-state index in [-0.39, 0.29) is 23.9 Å².